The number of carbonyl (C=O) groups is 1. The summed E-state index contributed by atoms with van der Waals surface area (Å²) in [5.74, 6) is 0.307. The maximum atomic E-state index is 13.7. The lowest BCUT2D eigenvalue weighted by molar-refractivity contribution is -0.120. The topological polar surface area (TPSA) is 50.8 Å². The van der Waals surface area contributed by atoms with Crippen molar-refractivity contribution in [2.75, 3.05) is 33.3 Å². The van der Waals surface area contributed by atoms with Crippen LogP contribution < -0.4 is 14.8 Å². The monoisotopic (exact) mass is 454 g/mol. The van der Waals surface area contributed by atoms with Gasteiger partial charge in [0.15, 0.2) is 11.6 Å². The molecule has 2 aromatic rings. The molecule has 0 atom stereocenters. The summed E-state index contributed by atoms with van der Waals surface area (Å²) >= 11 is 12.0. The van der Waals surface area contributed by atoms with E-state index in [0.29, 0.717) is 22.2 Å². The van der Waals surface area contributed by atoms with Crippen LogP contribution in [0.2, 0.25) is 10.0 Å². The maximum Gasteiger partial charge on any atom is 0.224 e. The van der Waals surface area contributed by atoms with Gasteiger partial charge in [0.1, 0.15) is 11.9 Å². The van der Waals surface area contributed by atoms with Crippen LogP contribution in [0.15, 0.2) is 36.4 Å². The molecular formula is C22H25Cl2FN2O3. The van der Waals surface area contributed by atoms with Gasteiger partial charge >= 0.3 is 0 Å². The number of hydrogen-bond donors (Lipinski definition) is 1. The standard InChI is InChI=1S/C22H25Cl2FN2O3/c1-29-21-5-2-15(12-20(21)25)13-22(28)26-8-11-27-9-6-16(7-10-27)30-17-3-4-18(23)19(24)14-17/h2-5,12,14,16H,6-11,13H2,1H3,(H,26,28). The summed E-state index contributed by atoms with van der Waals surface area (Å²) in [6, 6.07) is 9.85. The molecule has 0 unspecified atom stereocenters. The van der Waals surface area contributed by atoms with E-state index in [1.165, 1.54) is 19.2 Å². The molecule has 1 aliphatic heterocycles. The van der Waals surface area contributed by atoms with Gasteiger partial charge in [-0.05, 0) is 42.7 Å². The molecule has 0 spiro atoms. The van der Waals surface area contributed by atoms with E-state index >= 15 is 0 Å². The molecule has 1 fully saturated rings. The van der Waals surface area contributed by atoms with Gasteiger partial charge in [0.25, 0.3) is 0 Å². The third-order valence-electron chi connectivity index (χ3n) is 5.06. The second-order valence-corrected chi connectivity index (χ2v) is 8.04. The molecular weight excluding hydrogens is 430 g/mol. The third kappa shape index (κ3) is 6.49. The van der Waals surface area contributed by atoms with Crippen LogP contribution in [-0.2, 0) is 11.2 Å². The minimum atomic E-state index is -0.464. The van der Waals surface area contributed by atoms with Crippen molar-refractivity contribution in [1.82, 2.24) is 10.2 Å². The summed E-state index contributed by atoms with van der Waals surface area (Å²) < 4.78 is 24.6. The molecule has 1 heterocycles. The van der Waals surface area contributed by atoms with Gasteiger partial charge in [-0.1, -0.05) is 29.3 Å². The van der Waals surface area contributed by atoms with Crippen LogP contribution >= 0.6 is 23.2 Å². The number of nitrogens with zero attached hydrogens (tertiary/aromatic N) is 1. The van der Waals surface area contributed by atoms with Crippen LogP contribution in [0.4, 0.5) is 4.39 Å². The van der Waals surface area contributed by atoms with E-state index in [0.717, 1.165) is 38.2 Å². The number of benzene rings is 2. The Bertz CT molecular complexity index is 873. The lowest BCUT2D eigenvalue weighted by Gasteiger charge is -2.32. The first-order chi connectivity index (χ1) is 14.4. The molecule has 30 heavy (non-hydrogen) atoms. The molecule has 162 valence electrons. The fourth-order valence-electron chi connectivity index (χ4n) is 3.41. The summed E-state index contributed by atoms with van der Waals surface area (Å²) in [6.45, 7) is 3.11. The Hall–Kier alpha value is -2.02. The number of methoxy groups -OCH3 is 1. The van der Waals surface area contributed by atoms with Crippen molar-refractivity contribution >= 4 is 29.1 Å². The second-order valence-electron chi connectivity index (χ2n) is 7.23. The van der Waals surface area contributed by atoms with E-state index in [-0.39, 0.29) is 24.2 Å². The molecule has 1 saturated heterocycles. The van der Waals surface area contributed by atoms with Crippen LogP contribution in [0, 0.1) is 5.82 Å². The lowest BCUT2D eigenvalue weighted by Crippen LogP contribution is -2.42. The van der Waals surface area contributed by atoms with Gasteiger partial charge in [0, 0.05) is 32.2 Å². The molecule has 1 N–H and O–H groups in total. The Morgan fingerprint density at radius 3 is 2.60 bits per heavy atom. The van der Waals surface area contributed by atoms with Crippen LogP contribution in [0.5, 0.6) is 11.5 Å². The highest BCUT2D eigenvalue weighted by molar-refractivity contribution is 6.42. The minimum absolute atomic E-state index is 0.127. The summed E-state index contributed by atoms with van der Waals surface area (Å²) in [7, 11) is 1.41. The minimum Gasteiger partial charge on any atom is -0.494 e. The SMILES string of the molecule is COc1ccc(CC(=O)NCCN2CCC(Oc3ccc(Cl)c(Cl)c3)CC2)cc1F. The number of amides is 1. The Morgan fingerprint density at radius 1 is 1.17 bits per heavy atom. The average molecular weight is 455 g/mol. The van der Waals surface area contributed by atoms with Gasteiger partial charge in [-0.3, -0.25) is 4.79 Å². The summed E-state index contributed by atoms with van der Waals surface area (Å²) in [6.07, 6.45) is 2.08. The van der Waals surface area contributed by atoms with Crippen molar-refractivity contribution in [2.45, 2.75) is 25.4 Å². The van der Waals surface area contributed by atoms with Gasteiger partial charge in [0.2, 0.25) is 5.91 Å². The summed E-state index contributed by atoms with van der Waals surface area (Å²) in [5, 5.41) is 3.89. The number of rotatable bonds is 8. The maximum absolute atomic E-state index is 13.7. The van der Waals surface area contributed by atoms with Gasteiger partial charge < -0.3 is 19.7 Å². The molecule has 0 radical (unpaired) electrons. The van der Waals surface area contributed by atoms with Crippen LogP contribution in [0.25, 0.3) is 0 Å². The van der Waals surface area contributed by atoms with Crippen molar-refractivity contribution < 1.29 is 18.7 Å². The molecule has 2 aromatic carbocycles. The molecule has 1 amide bonds. The van der Waals surface area contributed by atoms with Gasteiger partial charge in [-0.25, -0.2) is 4.39 Å². The fourth-order valence-corrected chi connectivity index (χ4v) is 3.70. The highest BCUT2D eigenvalue weighted by Gasteiger charge is 2.20. The zero-order valence-corrected chi connectivity index (χ0v) is 18.3. The number of halogens is 3. The van der Waals surface area contributed by atoms with Crippen molar-refractivity contribution in [3.8, 4) is 11.5 Å². The highest BCUT2D eigenvalue weighted by atomic mass is 35.5. The number of likely N-dealkylation sites (tertiary alicyclic amines) is 1. The number of hydrogen-bond acceptors (Lipinski definition) is 4. The van der Waals surface area contributed by atoms with Crippen molar-refractivity contribution in [1.29, 1.82) is 0 Å². The van der Waals surface area contributed by atoms with E-state index in [4.69, 9.17) is 32.7 Å². The van der Waals surface area contributed by atoms with Gasteiger partial charge in [-0.2, -0.15) is 0 Å². The van der Waals surface area contributed by atoms with E-state index in [9.17, 15) is 9.18 Å². The highest BCUT2D eigenvalue weighted by Crippen LogP contribution is 2.28. The molecule has 0 aromatic heterocycles. The molecule has 0 aliphatic carbocycles. The van der Waals surface area contributed by atoms with Gasteiger partial charge in [-0.15, -0.1) is 0 Å². The third-order valence-corrected chi connectivity index (χ3v) is 5.80. The largest absolute Gasteiger partial charge is 0.494 e. The predicted octanol–water partition coefficient (Wildman–Crippen LogP) is 4.34. The fraction of sp³-hybridized carbons (Fsp3) is 0.409. The van der Waals surface area contributed by atoms with E-state index in [1.807, 2.05) is 6.07 Å². The summed E-state index contributed by atoms with van der Waals surface area (Å²) in [4.78, 5) is 14.4. The number of nitrogens with one attached hydrogen (secondary N) is 1. The Labute approximate surface area is 186 Å². The second kappa shape index (κ2) is 10.8. The number of ether oxygens (including phenoxy) is 2. The smallest absolute Gasteiger partial charge is 0.224 e. The molecule has 0 bridgehead atoms. The molecule has 1 aliphatic rings. The Balaban J connectivity index is 1.35. The Kier molecular flexibility index (Phi) is 8.19. The van der Waals surface area contributed by atoms with E-state index in [1.54, 1.807) is 18.2 Å². The first-order valence-electron chi connectivity index (χ1n) is 9.88. The number of piperidine rings is 1. The zero-order chi connectivity index (χ0) is 21.5. The quantitative estimate of drug-likeness (QED) is 0.644. The van der Waals surface area contributed by atoms with Crippen molar-refractivity contribution in [3.05, 3.63) is 57.8 Å². The van der Waals surface area contributed by atoms with E-state index in [2.05, 4.69) is 10.2 Å². The molecule has 3 rings (SSSR count). The zero-order valence-electron chi connectivity index (χ0n) is 16.8. The predicted molar refractivity (Wildman–Crippen MR) is 116 cm³/mol. The van der Waals surface area contributed by atoms with Crippen LogP contribution in [-0.4, -0.2) is 50.2 Å². The van der Waals surface area contributed by atoms with E-state index < -0.39 is 5.82 Å². The summed E-state index contributed by atoms with van der Waals surface area (Å²) in [5.41, 5.74) is 0.617. The number of carbonyl (C=O) groups excluding carboxylic acids is 1. The first kappa shape index (κ1) is 22.7. The average Bonchev–Trinajstić information content (AvgIpc) is 2.72. The van der Waals surface area contributed by atoms with Crippen molar-refractivity contribution in [3.63, 3.8) is 0 Å². The molecule has 0 saturated carbocycles. The molecule has 5 nitrogen and oxygen atoms in total. The first-order valence-corrected chi connectivity index (χ1v) is 10.6. The van der Waals surface area contributed by atoms with Crippen LogP contribution in [0.3, 0.4) is 0 Å². The van der Waals surface area contributed by atoms with Crippen LogP contribution in [0.1, 0.15) is 18.4 Å². The lowest BCUT2D eigenvalue weighted by atomic mass is 10.1. The Morgan fingerprint density at radius 2 is 1.93 bits per heavy atom. The molecule has 8 heteroatoms. The van der Waals surface area contributed by atoms with Gasteiger partial charge in [0.05, 0.1) is 23.6 Å². The van der Waals surface area contributed by atoms with Crippen molar-refractivity contribution in [2.24, 2.45) is 0 Å². The normalized spacial score (nSPS) is 15.1.